The molecule has 2 rings (SSSR count). The molecule has 1 atom stereocenters. The third-order valence-corrected chi connectivity index (χ3v) is 5.30. The van der Waals surface area contributed by atoms with Crippen LogP contribution in [0.15, 0.2) is 29.4 Å². The van der Waals surface area contributed by atoms with Crippen molar-refractivity contribution in [2.45, 2.75) is 64.4 Å². The molecule has 0 spiro atoms. The largest absolute Gasteiger partial charge is 0.325 e. The number of unbranched alkanes of at least 4 members (excludes halogenated alkanes) is 1. The normalized spacial score (nSPS) is 12.2. The standard InChI is InChI=1S/C19H27N3OS/c1-6-7-12-22-15(4)14(3)20-19(22)24-16(5)18(23)21-17-11-9-8-10-13(17)2/h8-11,16H,6-7,12H2,1-5H3,(H,21,23). The van der Waals surface area contributed by atoms with Gasteiger partial charge in [0.05, 0.1) is 10.9 Å². The number of carbonyl (C=O) groups excluding carboxylic acids is 1. The van der Waals surface area contributed by atoms with Crippen LogP contribution in [0, 0.1) is 20.8 Å². The summed E-state index contributed by atoms with van der Waals surface area (Å²) in [4.78, 5) is 17.2. The van der Waals surface area contributed by atoms with Crippen LogP contribution in [0.3, 0.4) is 0 Å². The van der Waals surface area contributed by atoms with Gasteiger partial charge in [0.1, 0.15) is 0 Å². The number of para-hydroxylation sites is 1. The predicted octanol–water partition coefficient (Wildman–Crippen LogP) is 4.73. The minimum Gasteiger partial charge on any atom is -0.325 e. The topological polar surface area (TPSA) is 46.9 Å². The van der Waals surface area contributed by atoms with Crippen molar-refractivity contribution in [3.63, 3.8) is 0 Å². The van der Waals surface area contributed by atoms with Gasteiger partial charge in [-0.15, -0.1) is 0 Å². The summed E-state index contributed by atoms with van der Waals surface area (Å²) in [5.41, 5.74) is 4.17. The van der Waals surface area contributed by atoms with Crippen molar-refractivity contribution in [2.24, 2.45) is 0 Å². The Morgan fingerprint density at radius 2 is 2.00 bits per heavy atom. The van der Waals surface area contributed by atoms with Crippen molar-refractivity contribution in [1.29, 1.82) is 0 Å². The minimum absolute atomic E-state index is 0.00893. The molecule has 0 saturated carbocycles. The maximum atomic E-state index is 12.5. The predicted molar refractivity (Wildman–Crippen MR) is 102 cm³/mol. The molecule has 1 unspecified atom stereocenters. The smallest absolute Gasteiger partial charge is 0.237 e. The Morgan fingerprint density at radius 3 is 2.67 bits per heavy atom. The highest BCUT2D eigenvalue weighted by atomic mass is 32.2. The van der Waals surface area contributed by atoms with Gasteiger partial charge in [-0.05, 0) is 45.7 Å². The Hall–Kier alpha value is -1.75. The average Bonchev–Trinajstić information content (AvgIpc) is 2.81. The van der Waals surface area contributed by atoms with Gasteiger partial charge >= 0.3 is 0 Å². The minimum atomic E-state index is -0.203. The van der Waals surface area contributed by atoms with E-state index < -0.39 is 0 Å². The Kier molecular flexibility index (Phi) is 6.49. The van der Waals surface area contributed by atoms with Crippen LogP contribution in [-0.4, -0.2) is 20.7 Å². The summed E-state index contributed by atoms with van der Waals surface area (Å²) in [5, 5.41) is 3.75. The molecule has 1 N–H and O–H groups in total. The van der Waals surface area contributed by atoms with Gasteiger partial charge in [-0.25, -0.2) is 4.98 Å². The van der Waals surface area contributed by atoms with Crippen molar-refractivity contribution in [3.8, 4) is 0 Å². The van der Waals surface area contributed by atoms with Gasteiger partial charge in [0, 0.05) is 17.9 Å². The summed E-state index contributed by atoms with van der Waals surface area (Å²) < 4.78 is 2.24. The van der Waals surface area contributed by atoms with Gasteiger partial charge in [-0.1, -0.05) is 43.3 Å². The molecule has 0 aliphatic heterocycles. The lowest BCUT2D eigenvalue weighted by atomic mass is 10.2. The number of hydrogen-bond acceptors (Lipinski definition) is 3. The van der Waals surface area contributed by atoms with Crippen LogP contribution < -0.4 is 5.32 Å². The van der Waals surface area contributed by atoms with E-state index in [2.05, 4.69) is 28.7 Å². The Morgan fingerprint density at radius 1 is 1.29 bits per heavy atom. The summed E-state index contributed by atoms with van der Waals surface area (Å²) in [6, 6.07) is 7.84. The molecule has 2 aromatic rings. The van der Waals surface area contributed by atoms with Crippen molar-refractivity contribution < 1.29 is 4.79 Å². The fraction of sp³-hybridized carbons (Fsp3) is 0.474. The first kappa shape index (κ1) is 18.6. The molecule has 0 aliphatic carbocycles. The van der Waals surface area contributed by atoms with Crippen LogP contribution in [-0.2, 0) is 11.3 Å². The zero-order chi connectivity index (χ0) is 17.7. The number of nitrogens with one attached hydrogen (secondary N) is 1. The molecule has 1 heterocycles. The summed E-state index contributed by atoms with van der Waals surface area (Å²) in [6.45, 7) is 11.2. The molecule has 24 heavy (non-hydrogen) atoms. The van der Waals surface area contributed by atoms with Crippen LogP contribution in [0.4, 0.5) is 5.69 Å². The molecule has 0 bridgehead atoms. The van der Waals surface area contributed by atoms with Crippen molar-refractivity contribution >= 4 is 23.4 Å². The van der Waals surface area contributed by atoms with Crippen molar-refractivity contribution in [2.75, 3.05) is 5.32 Å². The molecule has 130 valence electrons. The molecular weight excluding hydrogens is 318 g/mol. The first-order valence-electron chi connectivity index (χ1n) is 8.51. The quantitative estimate of drug-likeness (QED) is 0.738. The summed E-state index contributed by atoms with van der Waals surface area (Å²) in [6.07, 6.45) is 2.26. The molecule has 0 fully saturated rings. The number of nitrogens with zero attached hydrogens (tertiary/aromatic N) is 2. The number of hydrogen-bond donors (Lipinski definition) is 1. The third kappa shape index (κ3) is 4.41. The van der Waals surface area contributed by atoms with Gasteiger partial charge < -0.3 is 9.88 Å². The van der Waals surface area contributed by atoms with E-state index in [-0.39, 0.29) is 11.2 Å². The number of amides is 1. The summed E-state index contributed by atoms with van der Waals surface area (Å²) in [5.74, 6) is 0.00893. The Bertz CT molecular complexity index is 709. The number of aryl methyl sites for hydroxylation is 2. The lowest BCUT2D eigenvalue weighted by Gasteiger charge is -2.14. The first-order chi connectivity index (χ1) is 11.4. The maximum Gasteiger partial charge on any atom is 0.237 e. The van der Waals surface area contributed by atoms with E-state index in [1.807, 2.05) is 45.0 Å². The molecular formula is C19H27N3OS. The molecule has 1 aromatic heterocycles. The van der Waals surface area contributed by atoms with Crippen molar-refractivity contribution in [3.05, 3.63) is 41.2 Å². The molecule has 1 amide bonds. The number of anilines is 1. The van der Waals surface area contributed by atoms with E-state index >= 15 is 0 Å². The van der Waals surface area contributed by atoms with E-state index in [9.17, 15) is 4.79 Å². The van der Waals surface area contributed by atoms with Gasteiger partial charge in [0.25, 0.3) is 0 Å². The number of thioether (sulfide) groups is 1. The monoisotopic (exact) mass is 345 g/mol. The number of benzene rings is 1. The van der Waals surface area contributed by atoms with Crippen LogP contribution >= 0.6 is 11.8 Å². The van der Waals surface area contributed by atoms with E-state index in [0.717, 1.165) is 41.5 Å². The van der Waals surface area contributed by atoms with Crippen LogP contribution in [0.1, 0.15) is 43.6 Å². The second kappa shape index (κ2) is 8.38. The molecule has 0 radical (unpaired) electrons. The molecule has 5 heteroatoms. The molecule has 0 aliphatic rings. The van der Waals surface area contributed by atoms with Gasteiger partial charge in [-0.2, -0.15) is 0 Å². The average molecular weight is 346 g/mol. The van der Waals surface area contributed by atoms with E-state index in [4.69, 9.17) is 0 Å². The van der Waals surface area contributed by atoms with E-state index in [0.29, 0.717) is 0 Å². The summed E-state index contributed by atoms with van der Waals surface area (Å²) >= 11 is 1.53. The Balaban J connectivity index is 2.09. The third-order valence-electron chi connectivity index (χ3n) is 4.21. The van der Waals surface area contributed by atoms with Gasteiger partial charge in [-0.3, -0.25) is 4.79 Å². The number of aromatic nitrogens is 2. The van der Waals surface area contributed by atoms with Gasteiger partial charge in [0.15, 0.2) is 5.16 Å². The molecule has 0 saturated heterocycles. The zero-order valence-corrected chi connectivity index (χ0v) is 16.0. The fourth-order valence-corrected chi connectivity index (χ4v) is 3.48. The van der Waals surface area contributed by atoms with Gasteiger partial charge in [0.2, 0.25) is 5.91 Å². The van der Waals surface area contributed by atoms with Crippen LogP contribution in [0.5, 0.6) is 0 Å². The van der Waals surface area contributed by atoms with E-state index in [1.165, 1.54) is 17.5 Å². The van der Waals surface area contributed by atoms with Crippen molar-refractivity contribution in [1.82, 2.24) is 9.55 Å². The lowest BCUT2D eigenvalue weighted by molar-refractivity contribution is -0.115. The van der Waals surface area contributed by atoms with E-state index in [1.54, 1.807) is 0 Å². The highest BCUT2D eigenvalue weighted by Crippen LogP contribution is 2.27. The summed E-state index contributed by atoms with van der Waals surface area (Å²) in [7, 11) is 0. The Labute approximate surface area is 149 Å². The van der Waals surface area contributed by atoms with Crippen LogP contribution in [0.2, 0.25) is 0 Å². The SMILES string of the molecule is CCCCn1c(SC(C)C(=O)Nc2ccccc2C)nc(C)c1C. The molecule has 1 aromatic carbocycles. The number of carbonyl (C=O) groups is 1. The highest BCUT2D eigenvalue weighted by molar-refractivity contribution is 8.00. The maximum absolute atomic E-state index is 12.5. The molecule has 4 nitrogen and oxygen atoms in total. The number of imidazole rings is 1. The number of rotatable bonds is 7. The second-order valence-corrected chi connectivity index (χ2v) is 7.44. The fourth-order valence-electron chi connectivity index (χ4n) is 2.45. The first-order valence-corrected chi connectivity index (χ1v) is 9.38. The lowest BCUT2D eigenvalue weighted by Crippen LogP contribution is -2.23. The van der Waals surface area contributed by atoms with Crippen LogP contribution in [0.25, 0.3) is 0 Å². The second-order valence-electron chi connectivity index (χ2n) is 6.13. The zero-order valence-electron chi connectivity index (χ0n) is 15.2. The highest BCUT2D eigenvalue weighted by Gasteiger charge is 2.20.